The first kappa shape index (κ1) is 21.0. The highest BCUT2D eigenvalue weighted by atomic mass is 35.5. The predicted octanol–water partition coefficient (Wildman–Crippen LogP) is 1.72. The third kappa shape index (κ3) is 3.76. The Morgan fingerprint density at radius 1 is 1.04 bits per heavy atom. The minimum atomic E-state index is -1.46. The van der Waals surface area contributed by atoms with Gasteiger partial charge in [-0.05, 0) is 47.7 Å². The molecule has 1 fully saturated rings. The molecule has 0 bridgehead atoms. The molecule has 1 aliphatic rings. The number of halogens is 1. The standard InChI is InChI=1S/C21H25ClO6/c1-2-21(20(27)19(26)18(25)17(11-23)28-21)14-5-8-16(22)13(10-14)9-12-3-6-15(24)7-4-12/h3-8,10,17-20,23-27H,2,9,11H2,1H3/t17-,18-,19+,20-,21?/m1/s1. The smallest absolute Gasteiger partial charge is 0.122 e. The molecular weight excluding hydrogens is 384 g/mol. The molecule has 5 atom stereocenters. The molecule has 152 valence electrons. The second kappa shape index (κ2) is 8.37. The Morgan fingerprint density at radius 2 is 1.71 bits per heavy atom. The average molecular weight is 409 g/mol. The largest absolute Gasteiger partial charge is 0.508 e. The van der Waals surface area contributed by atoms with Crippen molar-refractivity contribution in [2.24, 2.45) is 0 Å². The van der Waals surface area contributed by atoms with Gasteiger partial charge in [-0.15, -0.1) is 0 Å². The minimum Gasteiger partial charge on any atom is -0.508 e. The van der Waals surface area contributed by atoms with Crippen LogP contribution in [0.5, 0.6) is 5.75 Å². The number of hydrogen-bond acceptors (Lipinski definition) is 6. The summed E-state index contributed by atoms with van der Waals surface area (Å²) in [5.41, 5.74) is 1.04. The zero-order chi connectivity index (χ0) is 20.5. The summed E-state index contributed by atoms with van der Waals surface area (Å²) < 4.78 is 5.93. The Hall–Kier alpha value is -1.67. The summed E-state index contributed by atoms with van der Waals surface area (Å²) >= 11 is 6.37. The van der Waals surface area contributed by atoms with Crippen LogP contribution >= 0.6 is 11.6 Å². The third-order valence-corrected chi connectivity index (χ3v) is 5.83. The van der Waals surface area contributed by atoms with E-state index in [9.17, 15) is 25.5 Å². The van der Waals surface area contributed by atoms with E-state index in [1.54, 1.807) is 49.4 Å². The van der Waals surface area contributed by atoms with Crippen LogP contribution in [0, 0.1) is 0 Å². The Morgan fingerprint density at radius 3 is 2.32 bits per heavy atom. The van der Waals surface area contributed by atoms with Gasteiger partial charge in [0, 0.05) is 5.02 Å². The molecule has 0 amide bonds. The predicted molar refractivity (Wildman–Crippen MR) is 104 cm³/mol. The number of aromatic hydroxyl groups is 1. The number of aliphatic hydroxyl groups excluding tert-OH is 4. The lowest BCUT2D eigenvalue weighted by atomic mass is 9.77. The average Bonchev–Trinajstić information content (AvgIpc) is 2.70. The minimum absolute atomic E-state index is 0.176. The maximum Gasteiger partial charge on any atom is 0.122 e. The monoisotopic (exact) mass is 408 g/mol. The lowest BCUT2D eigenvalue weighted by Gasteiger charge is -2.48. The van der Waals surface area contributed by atoms with Gasteiger partial charge in [-0.3, -0.25) is 0 Å². The van der Waals surface area contributed by atoms with Crippen LogP contribution in [0.2, 0.25) is 5.02 Å². The Labute approximate surface area is 168 Å². The maximum atomic E-state index is 10.7. The summed E-state index contributed by atoms with van der Waals surface area (Å²) in [5, 5.41) is 50.6. The molecular formula is C21H25ClO6. The van der Waals surface area contributed by atoms with Gasteiger partial charge in [-0.1, -0.05) is 42.8 Å². The van der Waals surface area contributed by atoms with Gasteiger partial charge in [0.2, 0.25) is 0 Å². The topological polar surface area (TPSA) is 110 Å². The molecule has 0 radical (unpaired) electrons. The van der Waals surface area contributed by atoms with E-state index >= 15 is 0 Å². The van der Waals surface area contributed by atoms with E-state index < -0.39 is 36.6 Å². The molecule has 3 rings (SSSR count). The highest BCUT2D eigenvalue weighted by Crippen LogP contribution is 2.42. The number of hydrogen-bond donors (Lipinski definition) is 5. The fourth-order valence-corrected chi connectivity index (χ4v) is 3.96. The van der Waals surface area contributed by atoms with Gasteiger partial charge >= 0.3 is 0 Å². The van der Waals surface area contributed by atoms with Gasteiger partial charge in [0.15, 0.2) is 0 Å². The summed E-state index contributed by atoms with van der Waals surface area (Å²) in [7, 11) is 0. The van der Waals surface area contributed by atoms with Crippen molar-refractivity contribution in [2.75, 3.05) is 6.61 Å². The van der Waals surface area contributed by atoms with E-state index in [4.69, 9.17) is 16.3 Å². The van der Waals surface area contributed by atoms with Crippen molar-refractivity contribution < 1.29 is 30.3 Å². The maximum absolute atomic E-state index is 10.7. The van der Waals surface area contributed by atoms with Crippen LogP contribution in [-0.4, -0.2) is 56.6 Å². The van der Waals surface area contributed by atoms with Gasteiger partial charge in [0.05, 0.1) is 6.61 Å². The number of benzene rings is 2. The Kier molecular flexibility index (Phi) is 6.29. The molecule has 0 spiro atoms. The molecule has 5 N–H and O–H groups in total. The van der Waals surface area contributed by atoms with Gasteiger partial charge in [0.25, 0.3) is 0 Å². The van der Waals surface area contributed by atoms with Gasteiger partial charge in [0.1, 0.15) is 35.8 Å². The fourth-order valence-electron chi connectivity index (χ4n) is 3.78. The van der Waals surface area contributed by atoms with Crippen LogP contribution in [-0.2, 0) is 16.8 Å². The van der Waals surface area contributed by atoms with Crippen molar-refractivity contribution >= 4 is 11.6 Å². The highest BCUT2D eigenvalue weighted by molar-refractivity contribution is 6.31. The van der Waals surface area contributed by atoms with Crippen LogP contribution in [0.15, 0.2) is 42.5 Å². The second-order valence-corrected chi connectivity index (χ2v) is 7.56. The van der Waals surface area contributed by atoms with Crippen LogP contribution < -0.4 is 0 Å². The molecule has 28 heavy (non-hydrogen) atoms. The zero-order valence-corrected chi connectivity index (χ0v) is 16.3. The van der Waals surface area contributed by atoms with Crippen molar-refractivity contribution in [3.63, 3.8) is 0 Å². The van der Waals surface area contributed by atoms with Gasteiger partial charge < -0.3 is 30.3 Å². The molecule has 1 unspecified atom stereocenters. The molecule has 2 aromatic carbocycles. The Balaban J connectivity index is 2.00. The summed E-state index contributed by atoms with van der Waals surface area (Å²) in [6, 6.07) is 12.0. The van der Waals surface area contributed by atoms with Crippen molar-refractivity contribution in [3.8, 4) is 5.75 Å². The van der Waals surface area contributed by atoms with Crippen LogP contribution in [0.25, 0.3) is 0 Å². The van der Waals surface area contributed by atoms with Gasteiger partial charge in [-0.25, -0.2) is 0 Å². The molecule has 0 aliphatic carbocycles. The van der Waals surface area contributed by atoms with Crippen LogP contribution in [0.3, 0.4) is 0 Å². The highest BCUT2D eigenvalue weighted by Gasteiger charge is 2.53. The fraction of sp³-hybridized carbons (Fsp3) is 0.429. The lowest BCUT2D eigenvalue weighted by molar-refractivity contribution is -0.280. The van der Waals surface area contributed by atoms with E-state index in [2.05, 4.69) is 0 Å². The van der Waals surface area contributed by atoms with Crippen molar-refractivity contribution in [2.45, 2.75) is 49.8 Å². The first-order valence-corrected chi connectivity index (χ1v) is 9.60. The zero-order valence-electron chi connectivity index (χ0n) is 15.5. The number of phenolic OH excluding ortho intramolecular Hbond substituents is 1. The molecule has 1 heterocycles. The molecule has 1 saturated heterocycles. The summed E-state index contributed by atoms with van der Waals surface area (Å²) in [4.78, 5) is 0. The van der Waals surface area contributed by atoms with Crippen molar-refractivity contribution in [3.05, 3.63) is 64.2 Å². The summed E-state index contributed by atoms with van der Waals surface area (Å²) in [5.74, 6) is 0.176. The first-order valence-electron chi connectivity index (χ1n) is 9.22. The van der Waals surface area contributed by atoms with E-state index in [1.165, 1.54) is 0 Å². The first-order chi connectivity index (χ1) is 13.3. The normalized spacial score (nSPS) is 30.4. The van der Waals surface area contributed by atoms with Crippen molar-refractivity contribution in [1.82, 2.24) is 0 Å². The number of aliphatic hydroxyl groups is 4. The molecule has 7 heteroatoms. The van der Waals surface area contributed by atoms with Crippen LogP contribution in [0.4, 0.5) is 0 Å². The Bertz CT molecular complexity index is 809. The summed E-state index contributed by atoms with van der Waals surface area (Å²) in [6.07, 6.45) is -4.43. The second-order valence-electron chi connectivity index (χ2n) is 7.16. The number of rotatable bonds is 5. The third-order valence-electron chi connectivity index (χ3n) is 5.46. The van der Waals surface area contributed by atoms with E-state index in [-0.39, 0.29) is 5.75 Å². The quantitative estimate of drug-likeness (QED) is 0.515. The van der Waals surface area contributed by atoms with E-state index in [1.807, 2.05) is 0 Å². The van der Waals surface area contributed by atoms with Crippen molar-refractivity contribution in [1.29, 1.82) is 0 Å². The number of phenols is 1. The van der Waals surface area contributed by atoms with Gasteiger partial charge in [-0.2, -0.15) is 0 Å². The molecule has 1 aliphatic heterocycles. The van der Waals surface area contributed by atoms with E-state index in [0.717, 1.165) is 11.1 Å². The molecule has 2 aromatic rings. The molecule has 6 nitrogen and oxygen atoms in total. The lowest BCUT2D eigenvalue weighted by Crippen LogP contribution is -2.63. The van der Waals surface area contributed by atoms with E-state index in [0.29, 0.717) is 23.4 Å². The SMILES string of the molecule is CCC1(c2ccc(Cl)c(Cc3ccc(O)cc3)c2)O[C@H](CO)[C@@H](O)[C@H](O)[C@H]1O. The summed E-state index contributed by atoms with van der Waals surface area (Å²) in [6.45, 7) is 1.32. The number of ether oxygens (including phenoxy) is 1. The molecule has 0 aromatic heterocycles. The molecule has 0 saturated carbocycles. The van der Waals surface area contributed by atoms with Crippen LogP contribution in [0.1, 0.15) is 30.0 Å².